The third-order valence-electron chi connectivity index (χ3n) is 7.54. The molecular weight excluding hydrogens is 591 g/mol. The van der Waals surface area contributed by atoms with Crippen molar-refractivity contribution in [3.8, 4) is 0 Å². The first-order chi connectivity index (χ1) is 21.5. The Morgan fingerprint density at radius 2 is 1.52 bits per heavy atom. The third-order valence-corrected chi connectivity index (χ3v) is 7.54. The smallest absolute Gasteiger partial charge is 0.356 e. The van der Waals surface area contributed by atoms with Gasteiger partial charge < -0.3 is 4.90 Å². The zero-order valence-corrected chi connectivity index (χ0v) is 28.9. The van der Waals surface area contributed by atoms with E-state index < -0.39 is 17.8 Å². The lowest BCUT2D eigenvalue weighted by Gasteiger charge is -2.41. The highest BCUT2D eigenvalue weighted by Gasteiger charge is 2.33. The van der Waals surface area contributed by atoms with Crippen LogP contribution in [0.15, 0.2) is 91.5 Å². The summed E-state index contributed by atoms with van der Waals surface area (Å²) >= 11 is 0. The molecule has 0 spiro atoms. The van der Waals surface area contributed by atoms with E-state index in [0.29, 0.717) is 11.8 Å². The fourth-order valence-corrected chi connectivity index (χ4v) is 4.79. The maximum Gasteiger partial charge on any atom is 0.409 e. The number of rotatable bonds is 10. The zero-order chi connectivity index (χ0) is 35.4. The monoisotopic (exact) mass is 646 g/mol. The van der Waals surface area contributed by atoms with Gasteiger partial charge in [0.25, 0.3) is 0 Å². The molecule has 3 rings (SSSR count). The van der Waals surface area contributed by atoms with Gasteiger partial charge in [-0.3, -0.25) is 4.99 Å². The van der Waals surface area contributed by atoms with Crippen LogP contribution in [-0.4, -0.2) is 30.0 Å². The van der Waals surface area contributed by atoms with E-state index >= 15 is 0 Å². The molecule has 0 aromatic heterocycles. The van der Waals surface area contributed by atoms with Gasteiger partial charge in [-0.05, 0) is 88.5 Å². The van der Waals surface area contributed by atoms with Gasteiger partial charge in [-0.25, -0.2) is 8.78 Å². The lowest BCUT2D eigenvalue weighted by molar-refractivity contribution is -0.0795. The van der Waals surface area contributed by atoms with Crippen molar-refractivity contribution in [2.75, 3.05) is 7.05 Å². The van der Waals surface area contributed by atoms with Gasteiger partial charge >= 0.3 is 6.18 Å². The van der Waals surface area contributed by atoms with Gasteiger partial charge in [0.2, 0.25) is 0 Å². The predicted molar refractivity (Wildman–Crippen MR) is 188 cm³/mol. The van der Waals surface area contributed by atoms with Crippen LogP contribution >= 0.6 is 0 Å². The van der Waals surface area contributed by atoms with Crippen LogP contribution in [0.3, 0.4) is 0 Å². The van der Waals surface area contributed by atoms with E-state index in [2.05, 4.69) is 76.3 Å². The van der Waals surface area contributed by atoms with Crippen LogP contribution in [0.5, 0.6) is 0 Å². The molecule has 2 nitrogen and oxygen atoms in total. The molecule has 0 radical (unpaired) electrons. The standard InChI is InChI=1S/C23H34F2N2.C9H10.C4H8.C3H3F3/c1-6-10-17(7-2)22(8-3)26-16(4)27(5)23(18-11-9-12-18)19-13-14-20(24)21(25)15-19;1-3-9-6-4-8(2)5-7-9;1-4(2)3;1-2-3(4,5)6/h7,13-15,17-18,22-23H,2,6,8-12H2,1,3-5H3;3-7H,1H2,2H3;1H2,2-3H3;2H,1H2. The van der Waals surface area contributed by atoms with E-state index in [1.807, 2.05) is 40.0 Å². The van der Waals surface area contributed by atoms with E-state index in [9.17, 15) is 22.0 Å². The molecule has 3 atom stereocenters. The number of allylic oxidation sites excluding steroid dienone is 2. The summed E-state index contributed by atoms with van der Waals surface area (Å²) < 4.78 is 59.3. The minimum Gasteiger partial charge on any atom is -0.356 e. The minimum absolute atomic E-state index is 0.0310. The highest BCUT2D eigenvalue weighted by Crippen LogP contribution is 2.41. The first kappa shape index (κ1) is 42.5. The number of nitrogens with zero attached hydrogens (tertiary/aromatic N) is 2. The molecule has 0 amide bonds. The molecule has 0 N–H and O–H groups in total. The number of amidine groups is 1. The second-order valence-electron chi connectivity index (χ2n) is 11.8. The average Bonchev–Trinajstić information content (AvgIpc) is 2.98. The van der Waals surface area contributed by atoms with Crippen molar-refractivity contribution in [2.45, 2.75) is 98.3 Å². The van der Waals surface area contributed by atoms with Crippen molar-refractivity contribution in [1.82, 2.24) is 4.90 Å². The fourth-order valence-electron chi connectivity index (χ4n) is 4.79. The summed E-state index contributed by atoms with van der Waals surface area (Å²) in [5.41, 5.74) is 4.47. The number of benzene rings is 2. The van der Waals surface area contributed by atoms with Crippen molar-refractivity contribution in [3.05, 3.63) is 115 Å². The lowest BCUT2D eigenvalue weighted by Crippen LogP contribution is -2.37. The Hall–Kier alpha value is -3.48. The highest BCUT2D eigenvalue weighted by molar-refractivity contribution is 5.80. The van der Waals surface area contributed by atoms with Gasteiger partial charge in [-0.1, -0.05) is 93.5 Å². The maximum atomic E-state index is 13.9. The van der Waals surface area contributed by atoms with Gasteiger partial charge in [-0.15, -0.1) is 13.2 Å². The zero-order valence-electron chi connectivity index (χ0n) is 28.9. The molecule has 1 aliphatic carbocycles. The van der Waals surface area contributed by atoms with E-state index in [-0.39, 0.29) is 18.2 Å². The summed E-state index contributed by atoms with van der Waals surface area (Å²) in [6, 6.07) is 12.8. The first-order valence-electron chi connectivity index (χ1n) is 15.9. The average molecular weight is 647 g/mol. The number of alkyl halides is 3. The van der Waals surface area contributed by atoms with Gasteiger partial charge in [0.1, 0.15) is 0 Å². The van der Waals surface area contributed by atoms with Crippen LogP contribution in [0, 0.1) is 30.4 Å². The van der Waals surface area contributed by atoms with Crippen molar-refractivity contribution in [3.63, 3.8) is 0 Å². The Balaban J connectivity index is 0.000000861. The number of aryl methyl sites for hydroxylation is 1. The quantitative estimate of drug-likeness (QED) is 0.109. The summed E-state index contributed by atoms with van der Waals surface area (Å²) in [5.74, 6) is 0.204. The van der Waals surface area contributed by atoms with Crippen LogP contribution in [0.25, 0.3) is 6.08 Å². The molecule has 0 aliphatic heterocycles. The van der Waals surface area contributed by atoms with Crippen molar-refractivity contribution in [1.29, 1.82) is 0 Å². The number of hydrogen-bond donors (Lipinski definition) is 0. The highest BCUT2D eigenvalue weighted by atomic mass is 19.4. The molecule has 46 heavy (non-hydrogen) atoms. The van der Waals surface area contributed by atoms with E-state index in [0.717, 1.165) is 43.5 Å². The molecular formula is C39H55F5N2. The van der Waals surface area contributed by atoms with Crippen molar-refractivity contribution in [2.24, 2.45) is 16.8 Å². The lowest BCUT2D eigenvalue weighted by atomic mass is 9.76. The van der Waals surface area contributed by atoms with E-state index in [1.54, 1.807) is 6.07 Å². The molecule has 3 unspecified atom stereocenters. The second kappa shape index (κ2) is 22.1. The Bertz CT molecular complexity index is 1220. The Morgan fingerprint density at radius 1 is 0.978 bits per heavy atom. The van der Waals surface area contributed by atoms with Crippen LogP contribution in [0.4, 0.5) is 22.0 Å². The molecule has 7 heteroatoms. The van der Waals surface area contributed by atoms with Crippen molar-refractivity contribution < 1.29 is 22.0 Å². The normalized spacial score (nSPS) is 14.7. The van der Waals surface area contributed by atoms with Gasteiger partial charge in [0, 0.05) is 13.1 Å². The van der Waals surface area contributed by atoms with Gasteiger partial charge in [0.15, 0.2) is 11.6 Å². The summed E-state index contributed by atoms with van der Waals surface area (Å²) in [7, 11) is 2.03. The van der Waals surface area contributed by atoms with Gasteiger partial charge in [0.05, 0.1) is 17.9 Å². The third kappa shape index (κ3) is 16.7. The summed E-state index contributed by atoms with van der Waals surface area (Å²) in [6.07, 6.45) is 6.18. The summed E-state index contributed by atoms with van der Waals surface area (Å²) in [5, 5.41) is 0. The van der Waals surface area contributed by atoms with E-state index in [4.69, 9.17) is 4.99 Å². The molecule has 1 saturated carbocycles. The number of aliphatic imine (C=N–C) groups is 1. The molecule has 1 fully saturated rings. The number of halogens is 5. The topological polar surface area (TPSA) is 15.6 Å². The summed E-state index contributed by atoms with van der Waals surface area (Å²) in [4.78, 5) is 7.17. The molecule has 0 heterocycles. The SMILES string of the molecule is C=C(C)C.C=CC(CCC)C(CC)N=C(C)N(C)C(c1ccc(F)c(F)c1)C1CCC1.C=CC(F)(F)F.C=Cc1ccc(C)cc1. The molecule has 256 valence electrons. The molecule has 0 saturated heterocycles. The maximum absolute atomic E-state index is 13.9. The molecule has 2 aromatic rings. The number of hydrogen-bond acceptors (Lipinski definition) is 1. The van der Waals surface area contributed by atoms with E-state index in [1.165, 1.54) is 35.3 Å². The molecule has 0 bridgehead atoms. The van der Waals surface area contributed by atoms with Crippen molar-refractivity contribution >= 4 is 11.9 Å². The fraction of sp³-hybridized carbons (Fsp3) is 0.462. The minimum atomic E-state index is -4.19. The van der Waals surface area contributed by atoms with Crippen LogP contribution < -0.4 is 0 Å². The Kier molecular flexibility index (Phi) is 20.4. The first-order valence-corrected chi connectivity index (χ1v) is 15.9. The summed E-state index contributed by atoms with van der Waals surface area (Å²) in [6.45, 7) is 26.1. The Labute approximate surface area is 275 Å². The van der Waals surface area contributed by atoms with Crippen LogP contribution in [0.2, 0.25) is 0 Å². The largest absolute Gasteiger partial charge is 0.409 e. The van der Waals surface area contributed by atoms with Crippen LogP contribution in [0.1, 0.15) is 95.9 Å². The van der Waals surface area contributed by atoms with Gasteiger partial charge in [-0.2, -0.15) is 13.2 Å². The second-order valence-corrected chi connectivity index (χ2v) is 11.8. The Morgan fingerprint density at radius 3 is 1.89 bits per heavy atom. The predicted octanol–water partition coefficient (Wildman–Crippen LogP) is 12.5. The van der Waals surface area contributed by atoms with Crippen LogP contribution in [-0.2, 0) is 0 Å². The molecule has 1 aliphatic rings. The molecule has 2 aromatic carbocycles.